The number of carbonyl (C=O) groups excluding carboxylic acids is 1. The number of hydrogen-bond donors (Lipinski definition) is 2. The number of carbonyl (C=O) groups is 1. The number of nitro groups is 1. The fourth-order valence-corrected chi connectivity index (χ4v) is 2.61. The van der Waals surface area contributed by atoms with Gasteiger partial charge in [-0.05, 0) is 38.9 Å². The van der Waals surface area contributed by atoms with Crippen LogP contribution in [0.25, 0.3) is 0 Å². The number of nitrogens with two attached hydrogens (primary N) is 1. The Morgan fingerprint density at radius 3 is 2.76 bits per heavy atom. The van der Waals surface area contributed by atoms with Crippen LogP contribution in [0.15, 0.2) is 18.2 Å². The molecule has 2 rings (SSSR count). The van der Waals surface area contributed by atoms with Gasteiger partial charge < -0.3 is 16.0 Å². The summed E-state index contributed by atoms with van der Waals surface area (Å²) in [6, 6.07) is 4.23. The summed E-state index contributed by atoms with van der Waals surface area (Å²) in [6.07, 6.45) is 2.39. The molecule has 114 valence electrons. The minimum absolute atomic E-state index is 0.0331. The Balaban J connectivity index is 2.02. The zero-order chi connectivity index (χ0) is 15.4. The van der Waals surface area contributed by atoms with Gasteiger partial charge in [0.2, 0.25) is 0 Å². The molecular weight excluding hydrogens is 272 g/mol. The molecule has 0 aliphatic carbocycles. The van der Waals surface area contributed by atoms with E-state index in [1.807, 2.05) is 6.92 Å². The molecule has 0 spiro atoms. The van der Waals surface area contributed by atoms with E-state index in [0.717, 1.165) is 19.6 Å². The minimum Gasteiger partial charge on any atom is -0.393 e. The maximum absolute atomic E-state index is 12.2. The van der Waals surface area contributed by atoms with Gasteiger partial charge in [-0.2, -0.15) is 0 Å². The number of nitrogen functional groups attached to an aromatic ring is 1. The van der Waals surface area contributed by atoms with Gasteiger partial charge in [0.05, 0.1) is 10.5 Å². The Morgan fingerprint density at radius 2 is 2.14 bits per heavy atom. The third-order valence-corrected chi connectivity index (χ3v) is 3.63. The summed E-state index contributed by atoms with van der Waals surface area (Å²) in [5, 5.41) is 13.7. The maximum Gasteiger partial charge on any atom is 0.292 e. The van der Waals surface area contributed by atoms with E-state index < -0.39 is 4.92 Å². The van der Waals surface area contributed by atoms with Crippen LogP contribution in [0.2, 0.25) is 0 Å². The summed E-state index contributed by atoms with van der Waals surface area (Å²) in [5.74, 6) is -0.372. The van der Waals surface area contributed by atoms with Gasteiger partial charge >= 0.3 is 0 Å². The van der Waals surface area contributed by atoms with E-state index in [9.17, 15) is 14.9 Å². The summed E-state index contributed by atoms with van der Waals surface area (Å²) in [4.78, 5) is 24.7. The minimum atomic E-state index is -0.584. The predicted octanol–water partition coefficient (Wildman–Crippen LogP) is 1.39. The normalized spacial score (nSPS) is 16.6. The predicted molar refractivity (Wildman–Crippen MR) is 80.1 cm³/mol. The van der Waals surface area contributed by atoms with E-state index >= 15 is 0 Å². The van der Waals surface area contributed by atoms with Crippen LogP contribution in [0, 0.1) is 10.1 Å². The lowest BCUT2D eigenvalue weighted by Gasteiger charge is -2.21. The van der Waals surface area contributed by atoms with Crippen molar-refractivity contribution >= 4 is 17.3 Å². The molecule has 0 saturated carbocycles. The van der Waals surface area contributed by atoms with Crippen molar-refractivity contribution in [2.75, 3.05) is 25.4 Å². The van der Waals surface area contributed by atoms with Crippen molar-refractivity contribution in [3.05, 3.63) is 33.9 Å². The summed E-state index contributed by atoms with van der Waals surface area (Å²) in [6.45, 7) is 4.81. The van der Waals surface area contributed by atoms with Crippen molar-refractivity contribution < 1.29 is 9.72 Å². The first-order valence-electron chi connectivity index (χ1n) is 7.05. The fourth-order valence-electron chi connectivity index (χ4n) is 2.61. The lowest BCUT2D eigenvalue weighted by atomic mass is 10.1. The lowest BCUT2D eigenvalue weighted by molar-refractivity contribution is -0.383. The van der Waals surface area contributed by atoms with Crippen LogP contribution in [0.4, 0.5) is 11.4 Å². The molecule has 7 heteroatoms. The van der Waals surface area contributed by atoms with Crippen molar-refractivity contribution in [3.63, 3.8) is 0 Å². The van der Waals surface area contributed by atoms with E-state index in [0.29, 0.717) is 0 Å². The quantitative estimate of drug-likeness (QED) is 0.485. The third-order valence-electron chi connectivity index (χ3n) is 3.63. The second-order valence-corrected chi connectivity index (χ2v) is 5.38. The first kappa shape index (κ1) is 15.2. The maximum atomic E-state index is 12.2. The number of anilines is 1. The SMILES string of the molecule is CC(CN1CCCC1)NC(=O)c1cccc([N+](=O)[O-])c1N. The molecular formula is C14H20N4O3. The number of nitro benzene ring substituents is 1. The van der Waals surface area contributed by atoms with Crippen LogP contribution in [-0.4, -0.2) is 41.4 Å². The molecule has 1 aliphatic heterocycles. The summed E-state index contributed by atoms with van der Waals surface area (Å²) >= 11 is 0. The molecule has 1 heterocycles. The highest BCUT2D eigenvalue weighted by Crippen LogP contribution is 2.24. The lowest BCUT2D eigenvalue weighted by Crippen LogP contribution is -2.41. The highest BCUT2D eigenvalue weighted by molar-refractivity contribution is 6.01. The van der Waals surface area contributed by atoms with Gasteiger partial charge in [-0.1, -0.05) is 6.07 Å². The van der Waals surface area contributed by atoms with Crippen LogP contribution in [0.5, 0.6) is 0 Å². The van der Waals surface area contributed by atoms with E-state index in [4.69, 9.17) is 5.73 Å². The summed E-state index contributed by atoms with van der Waals surface area (Å²) in [7, 11) is 0. The molecule has 1 saturated heterocycles. The number of amides is 1. The monoisotopic (exact) mass is 292 g/mol. The molecule has 1 aromatic carbocycles. The Hall–Kier alpha value is -2.15. The fraction of sp³-hybridized carbons (Fsp3) is 0.500. The van der Waals surface area contributed by atoms with E-state index in [1.54, 1.807) is 0 Å². The molecule has 0 radical (unpaired) electrons. The molecule has 21 heavy (non-hydrogen) atoms. The van der Waals surface area contributed by atoms with Crippen LogP contribution in [0.1, 0.15) is 30.1 Å². The molecule has 1 aliphatic rings. The zero-order valence-electron chi connectivity index (χ0n) is 12.0. The average molecular weight is 292 g/mol. The van der Waals surface area contributed by atoms with Gasteiger partial charge in [0, 0.05) is 18.7 Å². The van der Waals surface area contributed by atoms with Crippen molar-refractivity contribution in [3.8, 4) is 0 Å². The molecule has 0 bridgehead atoms. The number of hydrogen-bond acceptors (Lipinski definition) is 5. The van der Waals surface area contributed by atoms with Crippen molar-refractivity contribution in [2.45, 2.75) is 25.8 Å². The number of para-hydroxylation sites is 1. The Kier molecular flexibility index (Phi) is 4.74. The zero-order valence-corrected chi connectivity index (χ0v) is 12.0. The highest BCUT2D eigenvalue weighted by atomic mass is 16.6. The largest absolute Gasteiger partial charge is 0.393 e. The van der Waals surface area contributed by atoms with Gasteiger partial charge in [0.25, 0.3) is 11.6 Å². The van der Waals surface area contributed by atoms with Crippen molar-refractivity contribution in [1.29, 1.82) is 0 Å². The smallest absolute Gasteiger partial charge is 0.292 e. The van der Waals surface area contributed by atoms with E-state index in [-0.39, 0.29) is 28.9 Å². The van der Waals surface area contributed by atoms with E-state index in [1.165, 1.54) is 31.0 Å². The second-order valence-electron chi connectivity index (χ2n) is 5.38. The Bertz CT molecular complexity index is 541. The Labute approximate surface area is 123 Å². The van der Waals surface area contributed by atoms with Crippen LogP contribution in [0.3, 0.4) is 0 Å². The molecule has 1 aromatic rings. The third kappa shape index (κ3) is 3.69. The first-order valence-corrected chi connectivity index (χ1v) is 7.05. The number of benzene rings is 1. The van der Waals surface area contributed by atoms with Crippen molar-refractivity contribution in [2.24, 2.45) is 0 Å². The molecule has 1 fully saturated rings. The molecule has 1 amide bonds. The van der Waals surface area contributed by atoms with Crippen molar-refractivity contribution in [1.82, 2.24) is 10.2 Å². The molecule has 0 aromatic heterocycles. The van der Waals surface area contributed by atoms with Crippen LogP contribution in [-0.2, 0) is 0 Å². The molecule has 3 N–H and O–H groups in total. The second kappa shape index (κ2) is 6.53. The number of nitrogens with one attached hydrogen (secondary N) is 1. The van der Waals surface area contributed by atoms with Gasteiger partial charge in [-0.25, -0.2) is 0 Å². The molecule has 1 unspecified atom stereocenters. The molecule has 1 atom stereocenters. The topological polar surface area (TPSA) is 102 Å². The van der Waals surface area contributed by atoms with E-state index in [2.05, 4.69) is 10.2 Å². The van der Waals surface area contributed by atoms with Gasteiger partial charge in [0.1, 0.15) is 5.69 Å². The number of likely N-dealkylation sites (tertiary alicyclic amines) is 1. The highest BCUT2D eigenvalue weighted by Gasteiger charge is 2.21. The van der Waals surface area contributed by atoms with Gasteiger partial charge in [-0.15, -0.1) is 0 Å². The first-order chi connectivity index (χ1) is 9.99. The summed E-state index contributed by atoms with van der Waals surface area (Å²) < 4.78 is 0. The number of nitrogens with zero attached hydrogens (tertiary/aromatic N) is 2. The van der Waals surface area contributed by atoms with Gasteiger partial charge in [-0.3, -0.25) is 14.9 Å². The van der Waals surface area contributed by atoms with Gasteiger partial charge in [0.15, 0.2) is 0 Å². The summed E-state index contributed by atoms with van der Waals surface area (Å²) in [5.41, 5.74) is 5.53. The van der Waals surface area contributed by atoms with Crippen LogP contribution >= 0.6 is 0 Å². The number of rotatable bonds is 5. The van der Waals surface area contributed by atoms with Crippen LogP contribution < -0.4 is 11.1 Å². The average Bonchev–Trinajstić information content (AvgIpc) is 2.91. The molecule has 7 nitrogen and oxygen atoms in total. The standard InChI is InChI=1S/C14H20N4O3/c1-10(9-17-7-2-3-8-17)16-14(19)11-5-4-6-12(13(11)15)18(20)21/h4-6,10H,2-3,7-9,15H2,1H3,(H,16,19). The Morgan fingerprint density at radius 1 is 1.48 bits per heavy atom.